The van der Waals surface area contributed by atoms with Gasteiger partial charge in [0.1, 0.15) is 18.2 Å². The summed E-state index contributed by atoms with van der Waals surface area (Å²) in [6, 6.07) is 11.8. The van der Waals surface area contributed by atoms with Crippen LogP contribution in [0.5, 0.6) is 0 Å². The summed E-state index contributed by atoms with van der Waals surface area (Å²) >= 11 is 6.26. The van der Waals surface area contributed by atoms with Gasteiger partial charge in [-0.15, -0.1) is 0 Å². The Hall–Kier alpha value is -3.20. The van der Waals surface area contributed by atoms with E-state index in [0.29, 0.717) is 41.1 Å². The van der Waals surface area contributed by atoms with Gasteiger partial charge >= 0.3 is 0 Å². The maximum atomic E-state index is 15.0. The van der Waals surface area contributed by atoms with Crippen molar-refractivity contribution in [2.45, 2.75) is 6.10 Å². The molecule has 2 aromatic carbocycles. The highest BCUT2D eigenvalue weighted by molar-refractivity contribution is 6.31. The van der Waals surface area contributed by atoms with Crippen LogP contribution in [0.25, 0.3) is 22.2 Å². The van der Waals surface area contributed by atoms with Crippen LogP contribution in [0.3, 0.4) is 0 Å². The molecule has 32 heavy (non-hydrogen) atoms. The van der Waals surface area contributed by atoms with Crippen LogP contribution in [0, 0.1) is 5.82 Å². The van der Waals surface area contributed by atoms with Crippen LogP contribution in [0.15, 0.2) is 55.0 Å². The number of aliphatic hydroxyl groups excluding tert-OH is 1. The van der Waals surface area contributed by atoms with Crippen LogP contribution in [-0.4, -0.2) is 51.6 Å². The average molecular weight is 452 g/mol. The smallest absolute Gasteiger partial charge is 0.134 e. The van der Waals surface area contributed by atoms with Gasteiger partial charge in [0.15, 0.2) is 0 Å². The summed E-state index contributed by atoms with van der Waals surface area (Å²) in [5, 5.41) is 19.3. The number of halogens is 2. The van der Waals surface area contributed by atoms with Crippen molar-refractivity contribution in [3.63, 3.8) is 0 Å². The van der Waals surface area contributed by atoms with Gasteiger partial charge in [-0.2, -0.15) is 10.2 Å². The second kappa shape index (κ2) is 8.74. The lowest BCUT2D eigenvalue weighted by molar-refractivity contribution is 0.122. The van der Waals surface area contributed by atoms with Crippen molar-refractivity contribution >= 4 is 28.2 Å². The standard InChI is InChI=1S/C23H19ClFN5O2/c24-18-12-19(25)17(11-16(18)23(31)20-2-1-5-28-29-20)22-15-4-3-14(10-21(15)26-13-27-22)30-6-8-32-9-7-30/h1-5,10-13,23,31H,6-9H2/t23-/m0/s1. The minimum atomic E-state index is -1.16. The molecule has 1 atom stereocenters. The summed E-state index contributed by atoms with van der Waals surface area (Å²) in [6.45, 7) is 2.97. The zero-order chi connectivity index (χ0) is 22.1. The van der Waals surface area contributed by atoms with E-state index in [1.165, 1.54) is 24.7 Å². The molecule has 3 heterocycles. The van der Waals surface area contributed by atoms with Gasteiger partial charge in [0, 0.05) is 46.5 Å². The van der Waals surface area contributed by atoms with E-state index in [2.05, 4.69) is 25.1 Å². The van der Waals surface area contributed by atoms with Crippen molar-refractivity contribution in [3.05, 3.63) is 77.1 Å². The van der Waals surface area contributed by atoms with E-state index in [4.69, 9.17) is 16.3 Å². The van der Waals surface area contributed by atoms with Gasteiger partial charge in [-0.05, 0) is 42.5 Å². The number of benzene rings is 2. The molecule has 162 valence electrons. The molecule has 0 aliphatic carbocycles. The Balaban J connectivity index is 1.59. The maximum Gasteiger partial charge on any atom is 0.134 e. The molecule has 0 saturated carbocycles. The Morgan fingerprint density at radius 1 is 1.09 bits per heavy atom. The number of hydrogen-bond acceptors (Lipinski definition) is 7. The number of morpholine rings is 1. The van der Waals surface area contributed by atoms with Crippen LogP contribution in [0.4, 0.5) is 10.1 Å². The quantitative estimate of drug-likeness (QED) is 0.505. The molecular formula is C23H19ClFN5O2. The number of aromatic nitrogens is 4. The Morgan fingerprint density at radius 2 is 1.94 bits per heavy atom. The molecule has 0 bridgehead atoms. The SMILES string of the molecule is O[C@H](c1cccnn1)c1cc(-c2ncnc3cc(N4CCOCC4)ccc23)c(F)cc1Cl. The minimum Gasteiger partial charge on any atom is -0.382 e. The van der Waals surface area contributed by atoms with Crippen molar-refractivity contribution in [2.75, 3.05) is 31.2 Å². The van der Waals surface area contributed by atoms with Gasteiger partial charge in [-0.25, -0.2) is 14.4 Å². The van der Waals surface area contributed by atoms with Gasteiger partial charge in [-0.3, -0.25) is 0 Å². The zero-order valence-electron chi connectivity index (χ0n) is 16.9. The largest absolute Gasteiger partial charge is 0.382 e. The Morgan fingerprint density at radius 3 is 2.72 bits per heavy atom. The lowest BCUT2D eigenvalue weighted by atomic mass is 9.99. The molecule has 7 nitrogen and oxygen atoms in total. The highest BCUT2D eigenvalue weighted by Gasteiger charge is 2.21. The fraction of sp³-hybridized carbons (Fsp3) is 0.217. The summed E-state index contributed by atoms with van der Waals surface area (Å²) in [5.74, 6) is -0.539. The van der Waals surface area contributed by atoms with Crippen molar-refractivity contribution in [2.24, 2.45) is 0 Å². The number of anilines is 1. The summed E-state index contributed by atoms with van der Waals surface area (Å²) in [7, 11) is 0. The summed E-state index contributed by atoms with van der Waals surface area (Å²) < 4.78 is 20.4. The molecule has 0 radical (unpaired) electrons. The molecule has 0 spiro atoms. The summed E-state index contributed by atoms with van der Waals surface area (Å²) in [4.78, 5) is 11.0. The second-order valence-corrected chi connectivity index (χ2v) is 7.83. The monoisotopic (exact) mass is 451 g/mol. The van der Waals surface area contributed by atoms with Gasteiger partial charge in [-0.1, -0.05) is 11.6 Å². The third kappa shape index (κ3) is 3.88. The molecule has 1 aliphatic heterocycles. The van der Waals surface area contributed by atoms with Gasteiger partial charge in [0.05, 0.1) is 30.1 Å². The van der Waals surface area contributed by atoms with E-state index in [1.807, 2.05) is 18.2 Å². The maximum absolute atomic E-state index is 15.0. The highest BCUT2D eigenvalue weighted by atomic mass is 35.5. The van der Waals surface area contributed by atoms with E-state index < -0.39 is 11.9 Å². The topological polar surface area (TPSA) is 84.3 Å². The lowest BCUT2D eigenvalue weighted by Crippen LogP contribution is -2.36. The second-order valence-electron chi connectivity index (χ2n) is 7.43. The molecule has 5 rings (SSSR count). The molecule has 0 amide bonds. The van der Waals surface area contributed by atoms with Crippen LogP contribution in [0.1, 0.15) is 17.4 Å². The molecule has 4 aromatic rings. The molecule has 1 fully saturated rings. The Labute approximate surface area is 188 Å². The van der Waals surface area contributed by atoms with Crippen LogP contribution in [0.2, 0.25) is 5.02 Å². The van der Waals surface area contributed by atoms with Crippen LogP contribution >= 0.6 is 11.6 Å². The fourth-order valence-electron chi connectivity index (χ4n) is 3.85. The van der Waals surface area contributed by atoms with E-state index >= 15 is 4.39 Å². The Bertz CT molecular complexity index is 1270. The van der Waals surface area contributed by atoms with Crippen molar-refractivity contribution in [3.8, 4) is 11.3 Å². The third-order valence-corrected chi connectivity index (χ3v) is 5.83. The number of aliphatic hydroxyl groups is 1. The molecule has 9 heteroatoms. The number of rotatable bonds is 4. The number of fused-ring (bicyclic) bond motifs is 1. The van der Waals surface area contributed by atoms with Crippen molar-refractivity contribution in [1.29, 1.82) is 0 Å². The van der Waals surface area contributed by atoms with Crippen molar-refractivity contribution < 1.29 is 14.2 Å². The van der Waals surface area contributed by atoms with Crippen LogP contribution < -0.4 is 4.90 Å². The average Bonchev–Trinajstić information content (AvgIpc) is 2.84. The van der Waals surface area contributed by atoms with Crippen LogP contribution in [-0.2, 0) is 4.74 Å². The summed E-state index contributed by atoms with van der Waals surface area (Å²) in [6.07, 6.45) is 1.76. The molecule has 1 saturated heterocycles. The molecular weight excluding hydrogens is 433 g/mol. The fourth-order valence-corrected chi connectivity index (χ4v) is 4.11. The van der Waals surface area contributed by atoms with Gasteiger partial charge in [0.25, 0.3) is 0 Å². The summed E-state index contributed by atoms with van der Waals surface area (Å²) in [5.41, 5.74) is 3.00. The molecule has 1 N–H and O–H groups in total. The first kappa shape index (κ1) is 20.7. The van der Waals surface area contributed by atoms with E-state index in [1.54, 1.807) is 12.1 Å². The molecule has 1 aliphatic rings. The minimum absolute atomic E-state index is 0.0948. The predicted molar refractivity (Wildman–Crippen MR) is 119 cm³/mol. The van der Waals surface area contributed by atoms with E-state index in [0.717, 1.165) is 18.8 Å². The van der Waals surface area contributed by atoms with Gasteiger partial charge in [0.2, 0.25) is 0 Å². The third-order valence-electron chi connectivity index (χ3n) is 5.51. The first-order chi connectivity index (χ1) is 15.6. The van der Waals surface area contributed by atoms with Crippen molar-refractivity contribution in [1.82, 2.24) is 20.2 Å². The number of nitrogens with zero attached hydrogens (tertiary/aromatic N) is 5. The zero-order valence-corrected chi connectivity index (χ0v) is 17.7. The highest BCUT2D eigenvalue weighted by Crippen LogP contribution is 2.36. The number of hydrogen-bond donors (Lipinski definition) is 1. The normalized spacial score (nSPS) is 15.2. The first-order valence-corrected chi connectivity index (χ1v) is 10.5. The first-order valence-electron chi connectivity index (χ1n) is 10.1. The molecule has 2 aromatic heterocycles. The Kier molecular flexibility index (Phi) is 5.65. The predicted octanol–water partition coefficient (Wildman–Crippen LogP) is 3.80. The van der Waals surface area contributed by atoms with E-state index in [-0.39, 0.29) is 10.6 Å². The van der Waals surface area contributed by atoms with E-state index in [9.17, 15) is 5.11 Å². The number of ether oxygens (including phenoxy) is 1. The van der Waals surface area contributed by atoms with Gasteiger partial charge < -0.3 is 14.7 Å². The lowest BCUT2D eigenvalue weighted by Gasteiger charge is -2.29. The molecule has 0 unspecified atom stereocenters.